The molecule has 1 aromatic carbocycles. The van der Waals surface area contributed by atoms with Crippen LogP contribution in [0.25, 0.3) is 0 Å². The molecular weight excluding hydrogens is 402 g/mol. The van der Waals surface area contributed by atoms with E-state index in [9.17, 15) is 9.59 Å². The zero-order valence-corrected chi connectivity index (χ0v) is 16.1. The molecule has 1 amide bonds. The molecule has 2 heterocycles. The van der Waals surface area contributed by atoms with E-state index in [2.05, 4.69) is 21.2 Å². The number of carbonyl (C=O) groups is 2. The van der Waals surface area contributed by atoms with Crippen molar-refractivity contribution in [2.24, 2.45) is 0 Å². The monoisotopic (exact) mass is 421 g/mol. The molecule has 1 N–H and O–H groups in total. The maximum Gasteiger partial charge on any atom is 0.336 e. The van der Waals surface area contributed by atoms with Crippen LogP contribution in [0.2, 0.25) is 0 Å². The van der Waals surface area contributed by atoms with Gasteiger partial charge in [-0.15, -0.1) is 0 Å². The number of carbonyl (C=O) groups excluding carboxylic acids is 2. The van der Waals surface area contributed by atoms with Crippen molar-refractivity contribution in [1.29, 1.82) is 0 Å². The zero-order chi connectivity index (χ0) is 18.3. The van der Waals surface area contributed by atoms with Crippen LogP contribution >= 0.6 is 15.9 Å². The van der Waals surface area contributed by atoms with E-state index >= 15 is 0 Å². The van der Waals surface area contributed by atoms with E-state index in [-0.39, 0.29) is 37.1 Å². The molecule has 7 heteroatoms. The molecule has 4 rings (SSSR count). The van der Waals surface area contributed by atoms with Crippen LogP contribution in [0.15, 0.2) is 27.9 Å². The second kappa shape index (κ2) is 6.95. The topological polar surface area (TPSA) is 73.9 Å². The Hall–Kier alpha value is -2.02. The second-order valence-electron chi connectivity index (χ2n) is 6.88. The maximum absolute atomic E-state index is 12.9. The average molecular weight is 422 g/mol. The number of nitrogens with one attached hydrogen (secondary N) is 1. The molecule has 0 spiro atoms. The molecule has 1 aromatic rings. The fourth-order valence-electron chi connectivity index (χ4n) is 3.86. The molecule has 0 aromatic heterocycles. The van der Waals surface area contributed by atoms with E-state index in [1.54, 1.807) is 6.92 Å². The number of rotatable bonds is 3. The highest BCUT2D eigenvalue weighted by molar-refractivity contribution is 9.10. The number of esters is 1. The van der Waals surface area contributed by atoms with Gasteiger partial charge in [-0.3, -0.25) is 4.79 Å². The normalized spacial score (nSPS) is 22.5. The Balaban J connectivity index is 1.69. The second-order valence-corrected chi connectivity index (χ2v) is 7.74. The van der Waals surface area contributed by atoms with Crippen LogP contribution in [-0.2, 0) is 14.3 Å². The molecular formula is C19H20BrNO5. The van der Waals surface area contributed by atoms with Crippen LogP contribution in [0.5, 0.6) is 11.5 Å². The van der Waals surface area contributed by atoms with Crippen LogP contribution in [0.1, 0.15) is 50.5 Å². The number of hydrogen-bond donors (Lipinski definition) is 1. The van der Waals surface area contributed by atoms with Crippen molar-refractivity contribution in [3.05, 3.63) is 33.4 Å². The third kappa shape index (κ3) is 3.20. The van der Waals surface area contributed by atoms with E-state index in [0.29, 0.717) is 22.8 Å². The quantitative estimate of drug-likeness (QED) is 0.755. The van der Waals surface area contributed by atoms with Gasteiger partial charge in [0.25, 0.3) is 0 Å². The predicted octanol–water partition coefficient (Wildman–Crippen LogP) is 3.54. The lowest BCUT2D eigenvalue weighted by Crippen LogP contribution is -2.35. The van der Waals surface area contributed by atoms with E-state index in [1.165, 1.54) is 0 Å². The van der Waals surface area contributed by atoms with Gasteiger partial charge in [0.2, 0.25) is 12.7 Å². The summed E-state index contributed by atoms with van der Waals surface area (Å²) in [6, 6.07) is 3.66. The van der Waals surface area contributed by atoms with Crippen LogP contribution in [0.3, 0.4) is 0 Å². The first kappa shape index (κ1) is 17.4. The van der Waals surface area contributed by atoms with Gasteiger partial charge < -0.3 is 19.5 Å². The maximum atomic E-state index is 12.9. The molecule has 6 nitrogen and oxygen atoms in total. The highest BCUT2D eigenvalue weighted by atomic mass is 79.9. The molecule has 1 saturated carbocycles. The fourth-order valence-corrected chi connectivity index (χ4v) is 4.46. The van der Waals surface area contributed by atoms with Crippen molar-refractivity contribution in [1.82, 2.24) is 5.32 Å². The van der Waals surface area contributed by atoms with Gasteiger partial charge in [0.05, 0.1) is 5.57 Å². The number of halogens is 1. The average Bonchev–Trinajstić information content (AvgIpc) is 3.24. The first-order valence-corrected chi connectivity index (χ1v) is 9.63. The van der Waals surface area contributed by atoms with Crippen molar-refractivity contribution in [2.45, 2.75) is 51.0 Å². The summed E-state index contributed by atoms with van der Waals surface area (Å²) in [5.74, 6) is 0.423. The molecule has 26 heavy (non-hydrogen) atoms. The molecule has 1 unspecified atom stereocenters. The van der Waals surface area contributed by atoms with Crippen LogP contribution in [-0.4, -0.2) is 24.8 Å². The Bertz CT molecular complexity index is 797. The highest BCUT2D eigenvalue weighted by Gasteiger charge is 2.36. The standard InChI is InChI=1S/C19H20BrNO5/c1-10-18(19(23)26-11-4-2-3-5-11)13(7-17(22)21-10)12-6-15-16(8-14(12)20)25-9-24-15/h6,8,11,13H,2-5,7,9H2,1H3,(H,21,22). The Morgan fingerprint density at radius 3 is 2.65 bits per heavy atom. The highest BCUT2D eigenvalue weighted by Crippen LogP contribution is 2.44. The van der Waals surface area contributed by atoms with Crippen molar-refractivity contribution in [3.63, 3.8) is 0 Å². The molecule has 2 aliphatic heterocycles. The Morgan fingerprint density at radius 1 is 1.23 bits per heavy atom. The van der Waals surface area contributed by atoms with E-state index in [1.807, 2.05) is 12.1 Å². The van der Waals surface area contributed by atoms with Crippen LogP contribution in [0.4, 0.5) is 0 Å². The third-order valence-corrected chi connectivity index (χ3v) is 5.82. The van der Waals surface area contributed by atoms with Crippen LogP contribution in [0, 0.1) is 0 Å². The minimum atomic E-state index is -0.387. The van der Waals surface area contributed by atoms with Gasteiger partial charge >= 0.3 is 5.97 Å². The third-order valence-electron chi connectivity index (χ3n) is 5.13. The first-order valence-electron chi connectivity index (χ1n) is 8.83. The number of fused-ring (bicyclic) bond motifs is 1. The summed E-state index contributed by atoms with van der Waals surface area (Å²) in [4.78, 5) is 25.0. The Morgan fingerprint density at radius 2 is 1.92 bits per heavy atom. The van der Waals surface area contributed by atoms with Gasteiger partial charge in [-0.1, -0.05) is 15.9 Å². The first-order chi connectivity index (χ1) is 12.5. The number of amides is 1. The largest absolute Gasteiger partial charge is 0.459 e. The zero-order valence-electron chi connectivity index (χ0n) is 14.5. The minimum Gasteiger partial charge on any atom is -0.459 e. The Labute approximate surface area is 160 Å². The Kier molecular flexibility index (Phi) is 4.65. The molecule has 3 aliphatic rings. The van der Waals surface area contributed by atoms with Crippen molar-refractivity contribution in [3.8, 4) is 11.5 Å². The molecule has 1 aliphatic carbocycles. The van der Waals surface area contributed by atoms with Gasteiger partial charge in [0.1, 0.15) is 6.10 Å². The number of ether oxygens (including phenoxy) is 3. The molecule has 1 atom stereocenters. The van der Waals surface area contributed by atoms with Gasteiger partial charge in [0.15, 0.2) is 11.5 Å². The number of hydrogen-bond acceptors (Lipinski definition) is 5. The van der Waals surface area contributed by atoms with Gasteiger partial charge in [-0.2, -0.15) is 0 Å². The summed E-state index contributed by atoms with van der Waals surface area (Å²) < 4.78 is 17.4. The van der Waals surface area contributed by atoms with Crippen molar-refractivity contribution in [2.75, 3.05) is 6.79 Å². The SMILES string of the molecule is CC1=C(C(=O)OC2CCCC2)C(c2cc3c(cc2Br)OCO3)CC(=O)N1. The smallest absolute Gasteiger partial charge is 0.336 e. The van der Waals surface area contributed by atoms with E-state index < -0.39 is 0 Å². The minimum absolute atomic E-state index is 0.0266. The summed E-state index contributed by atoms with van der Waals surface area (Å²) in [5.41, 5.74) is 1.89. The molecule has 1 fully saturated rings. The van der Waals surface area contributed by atoms with Crippen molar-refractivity contribution < 1.29 is 23.8 Å². The number of allylic oxidation sites excluding steroid dienone is 1. The summed E-state index contributed by atoms with van der Waals surface area (Å²) in [7, 11) is 0. The lowest BCUT2D eigenvalue weighted by Gasteiger charge is -2.28. The summed E-state index contributed by atoms with van der Waals surface area (Å²) >= 11 is 3.55. The van der Waals surface area contributed by atoms with E-state index in [4.69, 9.17) is 14.2 Å². The van der Waals surface area contributed by atoms with Gasteiger partial charge in [-0.25, -0.2) is 4.79 Å². The fraction of sp³-hybridized carbons (Fsp3) is 0.474. The molecule has 0 bridgehead atoms. The summed E-state index contributed by atoms with van der Waals surface area (Å²) in [6.45, 7) is 1.91. The molecule has 138 valence electrons. The molecule has 0 saturated heterocycles. The van der Waals surface area contributed by atoms with Crippen molar-refractivity contribution >= 4 is 27.8 Å². The van der Waals surface area contributed by atoms with Crippen LogP contribution < -0.4 is 14.8 Å². The molecule has 0 radical (unpaired) electrons. The van der Waals surface area contributed by atoms with Gasteiger partial charge in [0, 0.05) is 22.5 Å². The van der Waals surface area contributed by atoms with Gasteiger partial charge in [-0.05, 0) is 50.3 Å². The lowest BCUT2D eigenvalue weighted by atomic mass is 9.84. The summed E-state index contributed by atoms with van der Waals surface area (Å²) in [6.07, 6.45) is 4.14. The van der Waals surface area contributed by atoms with E-state index in [0.717, 1.165) is 35.7 Å². The predicted molar refractivity (Wildman–Crippen MR) is 96.8 cm³/mol. The summed E-state index contributed by atoms with van der Waals surface area (Å²) in [5, 5.41) is 2.78. The lowest BCUT2D eigenvalue weighted by molar-refractivity contribution is -0.144. The number of benzene rings is 1.